The van der Waals surface area contributed by atoms with Crippen molar-refractivity contribution in [3.05, 3.63) is 64.2 Å². The predicted molar refractivity (Wildman–Crippen MR) is 129 cm³/mol. The molecule has 0 saturated heterocycles. The Bertz CT molecular complexity index is 1200. The van der Waals surface area contributed by atoms with Crippen molar-refractivity contribution < 1.29 is 23.6 Å². The molecule has 3 rings (SSSR count). The highest BCUT2D eigenvalue weighted by molar-refractivity contribution is 8.00. The lowest BCUT2D eigenvalue weighted by molar-refractivity contribution is -0.387. The Morgan fingerprint density at radius 1 is 1.11 bits per heavy atom. The number of anilines is 1. The maximum absolute atomic E-state index is 13.6. The molecule has 2 aromatic carbocycles. The minimum atomic E-state index is -0.973. The number of thioether (sulfide) groups is 1. The molecule has 1 heterocycles. The van der Waals surface area contributed by atoms with Crippen LogP contribution in [-0.4, -0.2) is 38.0 Å². The van der Waals surface area contributed by atoms with Gasteiger partial charge in [-0.2, -0.15) is 4.39 Å². The number of carbonyl (C=O) groups excluding carboxylic acids is 1. The first kappa shape index (κ1) is 25.9. The molecular formula is C23H26FN5O5S. The topological polar surface area (TPSA) is 121 Å². The van der Waals surface area contributed by atoms with Crippen LogP contribution >= 0.6 is 11.8 Å². The van der Waals surface area contributed by atoms with Crippen LogP contribution in [0, 0.1) is 15.9 Å². The van der Waals surface area contributed by atoms with Crippen LogP contribution in [0.25, 0.3) is 0 Å². The van der Waals surface area contributed by atoms with Gasteiger partial charge in [-0.05, 0) is 64.1 Å². The van der Waals surface area contributed by atoms with E-state index in [0.717, 1.165) is 17.9 Å². The number of carbonyl (C=O) groups is 1. The lowest BCUT2D eigenvalue weighted by Crippen LogP contribution is -2.23. The summed E-state index contributed by atoms with van der Waals surface area (Å²) in [6.07, 6.45) is -0.420. The number of rotatable bonds is 10. The van der Waals surface area contributed by atoms with Gasteiger partial charge in [-0.1, -0.05) is 11.8 Å². The average molecular weight is 504 g/mol. The van der Waals surface area contributed by atoms with Crippen LogP contribution in [0.5, 0.6) is 11.5 Å². The summed E-state index contributed by atoms with van der Waals surface area (Å²) in [4.78, 5) is 22.8. The first-order chi connectivity index (χ1) is 16.6. The van der Waals surface area contributed by atoms with Crippen LogP contribution < -0.4 is 14.8 Å². The molecule has 186 valence electrons. The number of nitrogens with zero attached hydrogens (tertiary/aromatic N) is 4. The molecule has 1 amide bonds. The molecule has 0 fully saturated rings. The molecule has 0 saturated carbocycles. The highest BCUT2D eigenvalue weighted by atomic mass is 32.2. The van der Waals surface area contributed by atoms with Crippen LogP contribution in [-0.2, 0) is 4.79 Å². The van der Waals surface area contributed by atoms with Crippen molar-refractivity contribution in [1.29, 1.82) is 0 Å². The number of aromatic nitrogens is 3. The first-order valence-corrected chi connectivity index (χ1v) is 11.7. The van der Waals surface area contributed by atoms with Gasteiger partial charge in [0.1, 0.15) is 11.5 Å². The van der Waals surface area contributed by atoms with Gasteiger partial charge in [-0.25, -0.2) is 0 Å². The molecule has 0 spiro atoms. The van der Waals surface area contributed by atoms with Crippen molar-refractivity contribution in [2.24, 2.45) is 0 Å². The van der Waals surface area contributed by atoms with Gasteiger partial charge in [-0.15, -0.1) is 10.2 Å². The molecule has 12 heteroatoms. The lowest BCUT2D eigenvalue weighted by atomic mass is 10.2. The average Bonchev–Trinajstić information content (AvgIpc) is 3.24. The van der Waals surface area contributed by atoms with Gasteiger partial charge in [0, 0.05) is 17.8 Å². The van der Waals surface area contributed by atoms with Crippen LogP contribution in [0.4, 0.5) is 15.8 Å². The van der Waals surface area contributed by atoms with E-state index in [0.29, 0.717) is 16.7 Å². The molecule has 3 aromatic rings. The maximum Gasteiger partial charge on any atom is 0.306 e. The van der Waals surface area contributed by atoms with Crippen LogP contribution in [0.3, 0.4) is 0 Å². The summed E-state index contributed by atoms with van der Waals surface area (Å²) in [7, 11) is 1.59. The highest BCUT2D eigenvalue weighted by Gasteiger charge is 2.25. The van der Waals surface area contributed by atoms with Gasteiger partial charge < -0.3 is 19.4 Å². The highest BCUT2D eigenvalue weighted by Crippen LogP contribution is 2.31. The number of nitrogens with one attached hydrogen (secondary N) is 1. The number of benzene rings is 2. The van der Waals surface area contributed by atoms with Gasteiger partial charge in [0.2, 0.25) is 11.7 Å². The number of nitro groups is 1. The fourth-order valence-electron chi connectivity index (χ4n) is 3.23. The first-order valence-electron chi connectivity index (χ1n) is 10.8. The Kier molecular flexibility index (Phi) is 8.28. The molecular weight excluding hydrogens is 477 g/mol. The summed E-state index contributed by atoms with van der Waals surface area (Å²) in [5.41, 5.74) is -0.582. The van der Waals surface area contributed by atoms with E-state index in [1.165, 1.54) is 17.8 Å². The number of amides is 1. The Balaban J connectivity index is 1.73. The third-order valence-electron chi connectivity index (χ3n) is 5.00. The maximum atomic E-state index is 13.6. The summed E-state index contributed by atoms with van der Waals surface area (Å²) in [5, 5.41) is 22.0. The van der Waals surface area contributed by atoms with E-state index in [1.54, 1.807) is 38.3 Å². The number of hydrogen-bond donors (Lipinski definition) is 1. The van der Waals surface area contributed by atoms with Crippen molar-refractivity contribution in [3.63, 3.8) is 0 Å². The fourth-order valence-corrected chi connectivity index (χ4v) is 4.22. The van der Waals surface area contributed by atoms with Gasteiger partial charge in [0.15, 0.2) is 17.1 Å². The molecule has 0 aliphatic carbocycles. The summed E-state index contributed by atoms with van der Waals surface area (Å²) >= 11 is 1.19. The number of methoxy groups -OCH3 is 1. The van der Waals surface area contributed by atoms with Gasteiger partial charge >= 0.3 is 5.69 Å². The van der Waals surface area contributed by atoms with Crippen LogP contribution in [0.1, 0.15) is 45.7 Å². The number of nitro benzene ring substituents is 1. The zero-order valence-electron chi connectivity index (χ0n) is 19.9. The Morgan fingerprint density at radius 2 is 1.77 bits per heavy atom. The lowest BCUT2D eigenvalue weighted by Gasteiger charge is -2.20. The molecule has 10 nitrogen and oxygen atoms in total. The predicted octanol–water partition coefficient (Wildman–Crippen LogP) is 5.17. The Hall–Kier alpha value is -3.67. The van der Waals surface area contributed by atoms with E-state index in [9.17, 15) is 19.3 Å². The van der Waals surface area contributed by atoms with Crippen molar-refractivity contribution >= 4 is 29.0 Å². The zero-order valence-corrected chi connectivity index (χ0v) is 20.7. The molecule has 0 aliphatic heterocycles. The minimum Gasteiger partial charge on any atom is -0.497 e. The van der Waals surface area contributed by atoms with Crippen molar-refractivity contribution in [2.45, 2.75) is 50.2 Å². The van der Waals surface area contributed by atoms with Crippen molar-refractivity contribution in [2.75, 3.05) is 12.4 Å². The number of halogens is 1. The van der Waals surface area contributed by atoms with E-state index >= 15 is 0 Å². The van der Waals surface area contributed by atoms with Crippen molar-refractivity contribution in [1.82, 2.24) is 14.8 Å². The van der Waals surface area contributed by atoms with E-state index in [1.807, 2.05) is 25.3 Å². The van der Waals surface area contributed by atoms with Gasteiger partial charge in [0.25, 0.3) is 0 Å². The standard InChI is InChI=1S/C23H26FN5O5S/c1-13(2)28-21(14(3)34-18-9-7-17(33-5)8-10-18)26-27-23(28)35-15(4)22(30)25-16-6-11-19(24)20(12-16)29(31)32/h6-15H,1-5H3,(H,25,30). The molecule has 0 radical (unpaired) electrons. The zero-order chi connectivity index (χ0) is 25.7. The third-order valence-corrected chi connectivity index (χ3v) is 6.06. The second-order valence-corrected chi connectivity index (χ2v) is 9.22. The minimum absolute atomic E-state index is 0.0144. The SMILES string of the molecule is COc1ccc(OC(C)c2nnc(SC(C)C(=O)Nc3ccc(F)c([N+](=O)[O-])c3)n2C(C)C)cc1. The second-order valence-electron chi connectivity index (χ2n) is 7.91. The molecule has 1 aromatic heterocycles. The molecule has 1 N–H and O–H groups in total. The molecule has 35 heavy (non-hydrogen) atoms. The third kappa shape index (κ3) is 6.27. The smallest absolute Gasteiger partial charge is 0.306 e. The summed E-state index contributed by atoms with van der Waals surface area (Å²) in [6.45, 7) is 7.48. The Labute approximate surface area is 206 Å². The normalized spacial score (nSPS) is 12.8. The molecule has 2 unspecified atom stereocenters. The van der Waals surface area contributed by atoms with E-state index in [4.69, 9.17) is 9.47 Å². The van der Waals surface area contributed by atoms with Gasteiger partial charge in [0.05, 0.1) is 17.3 Å². The van der Waals surface area contributed by atoms with Crippen LogP contribution in [0.15, 0.2) is 47.6 Å². The fraction of sp³-hybridized carbons (Fsp3) is 0.348. The summed E-state index contributed by atoms with van der Waals surface area (Å²) < 4.78 is 26.7. The van der Waals surface area contributed by atoms with E-state index in [2.05, 4.69) is 15.5 Å². The van der Waals surface area contributed by atoms with E-state index in [-0.39, 0.29) is 11.7 Å². The largest absolute Gasteiger partial charge is 0.497 e. The molecule has 0 bridgehead atoms. The summed E-state index contributed by atoms with van der Waals surface area (Å²) in [6, 6.07) is 10.4. The monoisotopic (exact) mass is 503 g/mol. The van der Waals surface area contributed by atoms with Crippen molar-refractivity contribution in [3.8, 4) is 11.5 Å². The molecule has 0 aliphatic rings. The Morgan fingerprint density at radius 3 is 2.37 bits per heavy atom. The van der Waals surface area contributed by atoms with Crippen LogP contribution in [0.2, 0.25) is 0 Å². The number of ether oxygens (including phenoxy) is 2. The number of hydrogen-bond acceptors (Lipinski definition) is 8. The quantitative estimate of drug-likeness (QED) is 0.228. The molecule has 2 atom stereocenters. The second kappa shape index (κ2) is 11.2. The summed E-state index contributed by atoms with van der Waals surface area (Å²) in [5.74, 6) is 0.570. The van der Waals surface area contributed by atoms with Gasteiger partial charge in [-0.3, -0.25) is 14.9 Å². The van der Waals surface area contributed by atoms with E-state index < -0.39 is 33.7 Å².